The minimum Gasteiger partial charge on any atom is -0.508 e. The highest BCUT2D eigenvalue weighted by atomic mass is 16.5. The lowest BCUT2D eigenvalue weighted by molar-refractivity contribution is -0.135. The Hall–Kier alpha value is -4.59. The molecule has 2 atom stereocenters. The fourth-order valence-corrected chi connectivity index (χ4v) is 6.55. The van der Waals surface area contributed by atoms with Crippen LogP contribution in [0.15, 0.2) is 124 Å². The molecule has 1 aliphatic carbocycles. The van der Waals surface area contributed by atoms with Crippen molar-refractivity contribution in [3.05, 3.63) is 104 Å². The first-order chi connectivity index (χ1) is 20.1. The van der Waals surface area contributed by atoms with E-state index in [1.54, 1.807) is 0 Å². The second kappa shape index (κ2) is 10.0. The first-order valence-corrected chi connectivity index (χ1v) is 14.3. The summed E-state index contributed by atoms with van der Waals surface area (Å²) < 4.78 is 5.19. The second-order valence-corrected chi connectivity index (χ2v) is 11.3. The number of fused-ring (bicyclic) bond motifs is 4. The molecule has 0 unspecified atom stereocenters. The van der Waals surface area contributed by atoms with Crippen LogP contribution < -0.4 is 0 Å². The smallest absolute Gasteiger partial charge is 0.340 e. The van der Waals surface area contributed by atoms with Gasteiger partial charge in [-0.2, -0.15) is 0 Å². The molecule has 0 amide bonds. The molecule has 0 radical (unpaired) electrons. The Morgan fingerprint density at radius 2 is 1.67 bits per heavy atom. The number of rotatable bonds is 3. The van der Waals surface area contributed by atoms with Crippen molar-refractivity contribution < 1.29 is 19.7 Å². The number of ether oxygens (including phenoxy) is 1. The van der Waals surface area contributed by atoms with Gasteiger partial charge in [0, 0.05) is 29.5 Å². The summed E-state index contributed by atoms with van der Waals surface area (Å²) in [7, 11) is 1.32. The topological polar surface area (TPSA) is 116 Å². The highest BCUT2D eigenvalue weighted by Gasteiger charge is 2.42. The number of aliphatic imine (C=N–C) groups is 4. The molecule has 42 heavy (non-hydrogen) atoms. The van der Waals surface area contributed by atoms with E-state index < -0.39 is 5.97 Å². The zero-order valence-corrected chi connectivity index (χ0v) is 24.8. The third-order valence-electron chi connectivity index (χ3n) is 9.07. The Bertz CT molecular complexity index is 1780. The number of hydrogen-bond acceptors (Lipinski definition) is 8. The van der Waals surface area contributed by atoms with Crippen molar-refractivity contribution in [2.75, 3.05) is 7.11 Å². The average molecular weight is 563 g/mol. The molecule has 8 bridgehead atoms. The molecule has 0 aromatic carbocycles. The van der Waals surface area contributed by atoms with Crippen LogP contribution in [0.1, 0.15) is 53.9 Å². The minimum atomic E-state index is -0.576. The van der Waals surface area contributed by atoms with Gasteiger partial charge in [-0.15, -0.1) is 0 Å². The predicted molar refractivity (Wildman–Crippen MR) is 166 cm³/mol. The van der Waals surface area contributed by atoms with Crippen molar-refractivity contribution in [1.82, 2.24) is 0 Å². The summed E-state index contributed by atoms with van der Waals surface area (Å²) in [6, 6.07) is 0. The van der Waals surface area contributed by atoms with E-state index in [1.165, 1.54) is 7.11 Å². The molecule has 8 heteroatoms. The molecule has 5 aliphatic heterocycles. The first-order valence-electron chi connectivity index (χ1n) is 14.3. The van der Waals surface area contributed by atoms with Gasteiger partial charge in [-0.05, 0) is 74.1 Å². The second-order valence-electron chi connectivity index (χ2n) is 11.3. The molecule has 0 aromatic rings. The lowest BCUT2D eigenvalue weighted by Crippen LogP contribution is -2.19. The van der Waals surface area contributed by atoms with Crippen LogP contribution in [0.4, 0.5) is 0 Å². The quantitative estimate of drug-likeness (QED) is 0.367. The molecule has 2 N–H and O–H groups in total. The number of esters is 1. The van der Waals surface area contributed by atoms with Crippen LogP contribution in [-0.4, -0.2) is 46.1 Å². The van der Waals surface area contributed by atoms with Crippen LogP contribution in [-0.2, 0) is 9.53 Å². The van der Waals surface area contributed by atoms with Gasteiger partial charge in [0.05, 0.1) is 58.2 Å². The fourth-order valence-electron chi connectivity index (χ4n) is 6.55. The van der Waals surface area contributed by atoms with Gasteiger partial charge in [0.25, 0.3) is 0 Å². The molecule has 0 fully saturated rings. The number of nitrogens with zero attached hydrogens (tertiary/aromatic N) is 4. The van der Waals surface area contributed by atoms with Crippen LogP contribution in [0.25, 0.3) is 0 Å². The molecule has 8 nitrogen and oxygen atoms in total. The summed E-state index contributed by atoms with van der Waals surface area (Å²) >= 11 is 0. The highest BCUT2D eigenvalue weighted by molar-refractivity contribution is 6.31. The van der Waals surface area contributed by atoms with Crippen LogP contribution in [0.3, 0.4) is 0 Å². The Labute approximate surface area is 245 Å². The summed E-state index contributed by atoms with van der Waals surface area (Å²) in [5.41, 5.74) is 10.5. The fraction of sp³-hybridized carbons (Fsp3) is 0.324. The standard InChI is InChI=1S/C34H34N4O4/c1-8-19-15(3)22-12-24-17(5)21-10-11-28(39)33(40)30(31(21)37-24)32-29(34(41)42-7)18(6)25(38-32)14-27-20(9-2)16(4)23(36-27)13-26(19)35-22/h8,12-14,17,21,39-40H,1,9-11H2,2-7H3/t17-,21-/m0/s1. The van der Waals surface area contributed by atoms with Gasteiger partial charge in [0.2, 0.25) is 0 Å². The van der Waals surface area contributed by atoms with E-state index in [9.17, 15) is 15.0 Å². The van der Waals surface area contributed by atoms with Crippen molar-refractivity contribution in [1.29, 1.82) is 0 Å². The van der Waals surface area contributed by atoms with E-state index in [2.05, 4.69) is 27.4 Å². The third kappa shape index (κ3) is 4.00. The maximum Gasteiger partial charge on any atom is 0.340 e. The Morgan fingerprint density at radius 3 is 2.36 bits per heavy atom. The van der Waals surface area contributed by atoms with Crippen molar-refractivity contribution in [3.8, 4) is 0 Å². The van der Waals surface area contributed by atoms with Crippen molar-refractivity contribution in [3.63, 3.8) is 0 Å². The Kier molecular flexibility index (Phi) is 6.60. The molecular formula is C34H34N4O4. The molecule has 0 spiro atoms. The largest absolute Gasteiger partial charge is 0.508 e. The van der Waals surface area contributed by atoms with E-state index in [4.69, 9.17) is 24.7 Å². The van der Waals surface area contributed by atoms with Gasteiger partial charge < -0.3 is 14.9 Å². The Balaban J connectivity index is 1.72. The van der Waals surface area contributed by atoms with E-state index in [0.717, 1.165) is 57.2 Å². The van der Waals surface area contributed by atoms with Crippen LogP contribution in [0.2, 0.25) is 0 Å². The molecule has 6 rings (SSSR count). The van der Waals surface area contributed by atoms with Gasteiger partial charge in [0.15, 0.2) is 5.76 Å². The lowest BCUT2D eigenvalue weighted by Gasteiger charge is -2.17. The number of methoxy groups -OCH3 is 1. The summed E-state index contributed by atoms with van der Waals surface area (Å²) in [6.07, 6.45) is 9.31. The number of allylic oxidation sites excluding steroid dienone is 12. The maximum atomic E-state index is 13.2. The maximum absolute atomic E-state index is 13.2. The minimum absolute atomic E-state index is 0.0306. The van der Waals surface area contributed by atoms with Crippen LogP contribution in [0, 0.1) is 11.8 Å². The zero-order valence-electron chi connectivity index (χ0n) is 24.8. The summed E-state index contributed by atoms with van der Waals surface area (Å²) in [5.74, 6) is -1.18. The van der Waals surface area contributed by atoms with Crippen molar-refractivity contribution >= 4 is 28.8 Å². The van der Waals surface area contributed by atoms with Crippen LogP contribution in [0.5, 0.6) is 0 Å². The number of aliphatic hydroxyl groups excluding tert-OH is 2. The zero-order chi connectivity index (χ0) is 30.0. The Morgan fingerprint density at radius 1 is 1.00 bits per heavy atom. The van der Waals surface area contributed by atoms with E-state index in [-0.39, 0.29) is 46.6 Å². The lowest BCUT2D eigenvalue weighted by atomic mass is 9.85. The van der Waals surface area contributed by atoms with Gasteiger partial charge in [-0.1, -0.05) is 26.5 Å². The molecule has 0 aromatic heterocycles. The average Bonchev–Trinajstić information content (AvgIpc) is 3.62. The third-order valence-corrected chi connectivity index (χ3v) is 9.07. The van der Waals surface area contributed by atoms with Gasteiger partial charge >= 0.3 is 5.97 Å². The number of carbonyl (C=O) groups excluding carboxylic acids is 1. The SMILES string of the molecule is C=CC1=C(C)C2=CC3=NC4=C(C5=NC(=CC6=NC(=CC1=N2)C(C)=C6CC)C(C)=C5C(=O)OC)C(O)=C(O)CC[C@H]4[C@@H]3C. The van der Waals surface area contributed by atoms with E-state index in [0.29, 0.717) is 23.4 Å². The molecule has 214 valence electrons. The number of hydrogen-bond donors (Lipinski definition) is 2. The highest BCUT2D eigenvalue weighted by Crippen LogP contribution is 2.45. The summed E-state index contributed by atoms with van der Waals surface area (Å²) in [5, 5.41) is 22.3. The molecule has 5 heterocycles. The molecule has 0 saturated heterocycles. The monoisotopic (exact) mass is 562 g/mol. The van der Waals surface area contributed by atoms with Gasteiger partial charge in [0.1, 0.15) is 5.76 Å². The van der Waals surface area contributed by atoms with Crippen molar-refractivity contribution in [2.24, 2.45) is 31.8 Å². The number of carbonyl (C=O) groups is 1. The van der Waals surface area contributed by atoms with Crippen molar-refractivity contribution in [2.45, 2.75) is 53.9 Å². The normalized spacial score (nSPS) is 25.2. The van der Waals surface area contributed by atoms with Gasteiger partial charge in [-0.3, -0.25) is 4.99 Å². The van der Waals surface area contributed by atoms with E-state index in [1.807, 2.05) is 38.2 Å². The predicted octanol–water partition coefficient (Wildman–Crippen LogP) is 6.82. The van der Waals surface area contributed by atoms with E-state index >= 15 is 0 Å². The number of aliphatic hydroxyl groups is 2. The molecular weight excluding hydrogens is 528 g/mol. The first kappa shape index (κ1) is 27.6. The van der Waals surface area contributed by atoms with Gasteiger partial charge in [-0.25, -0.2) is 19.8 Å². The molecule has 6 aliphatic rings. The van der Waals surface area contributed by atoms with Crippen LogP contribution >= 0.6 is 0 Å². The molecule has 0 saturated carbocycles. The summed E-state index contributed by atoms with van der Waals surface area (Å²) in [6.45, 7) is 14.1. The summed E-state index contributed by atoms with van der Waals surface area (Å²) in [4.78, 5) is 33.2.